The fourth-order valence-electron chi connectivity index (χ4n) is 2.50. The van der Waals surface area contributed by atoms with E-state index >= 15 is 0 Å². The van der Waals surface area contributed by atoms with E-state index in [4.69, 9.17) is 14.9 Å². The largest absolute Gasteiger partial charge is 0.478 e. The number of aromatic nitrogens is 2. The molecule has 1 aliphatic heterocycles. The molecule has 1 aromatic heterocycles. The Hall–Kier alpha value is -3.24. The number of aliphatic hydroxyl groups excluding tert-OH is 2. The first-order valence-electron chi connectivity index (χ1n) is 8.43. The van der Waals surface area contributed by atoms with Gasteiger partial charge in [-0.2, -0.15) is 0 Å². The van der Waals surface area contributed by atoms with Gasteiger partial charge in [0.1, 0.15) is 17.9 Å². The first-order valence-corrected chi connectivity index (χ1v) is 8.43. The molecule has 156 valence electrons. The summed E-state index contributed by atoms with van der Waals surface area (Å²) in [7, 11) is 0. The number of amides is 1. The Kier molecular flexibility index (Phi) is 7.46. The number of carbonyl (C=O) groups is 2. The average Bonchev–Trinajstić information content (AvgIpc) is 3.04. The summed E-state index contributed by atoms with van der Waals surface area (Å²) in [6.45, 7) is -0.677. The molecule has 0 bridgehead atoms. The summed E-state index contributed by atoms with van der Waals surface area (Å²) in [5, 5.41) is 37.1. The normalized spacial score (nSPS) is 21.0. The second-order valence-electron chi connectivity index (χ2n) is 6.01. The van der Waals surface area contributed by atoms with Gasteiger partial charge in [-0.1, -0.05) is 11.8 Å². The lowest BCUT2D eigenvalue weighted by atomic mass is 10.2. The Morgan fingerprint density at radius 1 is 1.38 bits per heavy atom. The van der Waals surface area contributed by atoms with Crippen molar-refractivity contribution in [2.45, 2.75) is 31.3 Å². The van der Waals surface area contributed by atoms with E-state index in [0.717, 1.165) is 10.8 Å². The molecular formula is C17H19N3O9. The number of aliphatic carboxylic acids is 1. The highest BCUT2D eigenvalue weighted by atomic mass is 16.5. The molecule has 0 radical (unpaired) electrons. The maximum atomic E-state index is 12.0. The summed E-state index contributed by atoms with van der Waals surface area (Å²) in [4.78, 5) is 47.7. The van der Waals surface area contributed by atoms with Gasteiger partial charge in [0.25, 0.3) is 11.5 Å². The Labute approximate surface area is 163 Å². The number of hydrogen-bond acceptors (Lipinski definition) is 8. The smallest absolute Gasteiger partial charge is 0.330 e. The van der Waals surface area contributed by atoms with Crippen LogP contribution in [0, 0.1) is 11.8 Å². The van der Waals surface area contributed by atoms with Gasteiger partial charge in [-0.05, 0) is 0 Å². The van der Waals surface area contributed by atoms with Crippen LogP contribution < -0.4 is 11.2 Å². The first kappa shape index (κ1) is 22.1. The van der Waals surface area contributed by atoms with Crippen LogP contribution in [0.25, 0.3) is 0 Å². The third-order valence-corrected chi connectivity index (χ3v) is 3.96. The highest BCUT2D eigenvalue weighted by Crippen LogP contribution is 2.27. The molecule has 1 saturated heterocycles. The Bertz CT molecular complexity index is 969. The summed E-state index contributed by atoms with van der Waals surface area (Å²) in [6, 6.07) is 0. The number of carbonyl (C=O) groups excluding carboxylic acids is 1. The molecular weight excluding hydrogens is 390 g/mol. The van der Waals surface area contributed by atoms with E-state index in [9.17, 15) is 29.5 Å². The highest BCUT2D eigenvalue weighted by molar-refractivity contribution is 5.93. The summed E-state index contributed by atoms with van der Waals surface area (Å²) >= 11 is 0. The molecule has 29 heavy (non-hydrogen) atoms. The van der Waals surface area contributed by atoms with E-state index in [1.165, 1.54) is 0 Å². The molecule has 0 spiro atoms. The number of hydroxylamine groups is 2. The van der Waals surface area contributed by atoms with Gasteiger partial charge in [-0.3, -0.25) is 24.3 Å². The number of nitrogens with one attached hydrogen (secondary N) is 1. The molecule has 3 unspecified atom stereocenters. The van der Waals surface area contributed by atoms with E-state index in [2.05, 4.69) is 16.8 Å². The molecule has 2 heterocycles. The predicted octanol–water partition coefficient (Wildman–Crippen LogP) is -2.22. The molecule has 0 aromatic carbocycles. The van der Waals surface area contributed by atoms with Crippen LogP contribution in [0.15, 0.2) is 27.9 Å². The van der Waals surface area contributed by atoms with Crippen LogP contribution in [-0.2, 0) is 14.3 Å². The molecule has 2 rings (SSSR count). The van der Waals surface area contributed by atoms with Gasteiger partial charge < -0.3 is 20.1 Å². The first-order chi connectivity index (χ1) is 13.7. The predicted molar refractivity (Wildman–Crippen MR) is 94.7 cm³/mol. The van der Waals surface area contributed by atoms with Gasteiger partial charge in [-0.25, -0.2) is 14.7 Å². The zero-order valence-corrected chi connectivity index (χ0v) is 15.0. The van der Waals surface area contributed by atoms with E-state index in [1.807, 2.05) is 0 Å². The number of carboxylic acids is 1. The van der Waals surface area contributed by atoms with E-state index in [0.29, 0.717) is 12.2 Å². The molecule has 0 saturated carbocycles. The van der Waals surface area contributed by atoms with Crippen molar-refractivity contribution >= 4 is 11.9 Å². The Morgan fingerprint density at radius 2 is 2.10 bits per heavy atom. The summed E-state index contributed by atoms with van der Waals surface area (Å²) in [5.41, 5.74) is -1.61. The average molecular weight is 409 g/mol. The number of H-pyrrole nitrogens is 1. The number of rotatable bonds is 6. The molecule has 12 heteroatoms. The summed E-state index contributed by atoms with van der Waals surface area (Å²) < 4.78 is 6.42. The lowest BCUT2D eigenvalue weighted by Crippen LogP contribution is -2.33. The van der Waals surface area contributed by atoms with Crippen LogP contribution in [-0.4, -0.2) is 72.4 Å². The number of hydrogen-bond donors (Lipinski definition) is 5. The highest BCUT2D eigenvalue weighted by Gasteiger charge is 2.35. The number of nitrogens with zero attached hydrogens (tertiary/aromatic N) is 2. The van der Waals surface area contributed by atoms with E-state index < -0.39 is 48.2 Å². The van der Waals surface area contributed by atoms with Crippen LogP contribution in [0.4, 0.5) is 0 Å². The molecule has 3 atom stereocenters. The summed E-state index contributed by atoms with van der Waals surface area (Å²) in [5.74, 6) is 2.76. The minimum Gasteiger partial charge on any atom is -0.478 e. The lowest BCUT2D eigenvalue weighted by Gasteiger charge is -2.14. The van der Waals surface area contributed by atoms with Gasteiger partial charge in [-0.15, -0.1) is 0 Å². The third-order valence-electron chi connectivity index (χ3n) is 3.96. The molecule has 1 fully saturated rings. The number of aromatic amines is 1. The van der Waals surface area contributed by atoms with Crippen molar-refractivity contribution in [3.05, 3.63) is 44.8 Å². The van der Waals surface area contributed by atoms with Gasteiger partial charge >= 0.3 is 11.7 Å². The van der Waals surface area contributed by atoms with Crippen molar-refractivity contribution in [1.82, 2.24) is 14.6 Å². The summed E-state index contributed by atoms with van der Waals surface area (Å²) in [6.07, 6.45) is -0.322. The zero-order valence-electron chi connectivity index (χ0n) is 15.0. The minimum absolute atomic E-state index is 0.0372. The number of ether oxygens (including phenoxy) is 1. The Balaban J connectivity index is 2.07. The van der Waals surface area contributed by atoms with Crippen molar-refractivity contribution in [2.24, 2.45) is 0 Å². The fourth-order valence-corrected chi connectivity index (χ4v) is 2.50. The van der Waals surface area contributed by atoms with E-state index in [-0.39, 0.29) is 30.0 Å². The molecule has 1 aliphatic rings. The topological polar surface area (TPSA) is 182 Å². The molecule has 12 nitrogen and oxygen atoms in total. The zero-order chi connectivity index (χ0) is 21.6. The SMILES string of the molecule is O=C(O)/C=C/C(=O)N(O)CCC#Cc1cn(C2CC(O)C(CO)O2)c(=O)[nH]c1=O. The van der Waals surface area contributed by atoms with Gasteiger partial charge in [0.15, 0.2) is 0 Å². The monoisotopic (exact) mass is 409 g/mol. The van der Waals surface area contributed by atoms with Crippen LogP contribution in [0.5, 0.6) is 0 Å². The van der Waals surface area contributed by atoms with Crippen molar-refractivity contribution in [1.29, 1.82) is 0 Å². The van der Waals surface area contributed by atoms with Crippen LogP contribution in [0.1, 0.15) is 24.6 Å². The second kappa shape index (κ2) is 9.80. The maximum Gasteiger partial charge on any atom is 0.330 e. The van der Waals surface area contributed by atoms with Crippen molar-refractivity contribution in [3.8, 4) is 11.8 Å². The van der Waals surface area contributed by atoms with Gasteiger partial charge in [0.2, 0.25) is 0 Å². The van der Waals surface area contributed by atoms with Crippen molar-refractivity contribution in [3.63, 3.8) is 0 Å². The molecule has 1 amide bonds. The second-order valence-corrected chi connectivity index (χ2v) is 6.01. The van der Waals surface area contributed by atoms with Crippen molar-refractivity contribution in [2.75, 3.05) is 13.2 Å². The van der Waals surface area contributed by atoms with Gasteiger partial charge in [0.05, 0.1) is 19.3 Å². The quantitative estimate of drug-likeness (QED) is 0.150. The number of aliphatic hydroxyl groups is 2. The van der Waals surface area contributed by atoms with Crippen molar-refractivity contribution < 1.29 is 34.9 Å². The lowest BCUT2D eigenvalue weighted by molar-refractivity contribution is -0.159. The molecule has 1 aromatic rings. The third kappa shape index (κ3) is 5.87. The van der Waals surface area contributed by atoms with Gasteiger partial charge in [0, 0.05) is 31.2 Å². The molecule has 5 N–H and O–H groups in total. The fraction of sp³-hybridized carbons (Fsp3) is 0.412. The van der Waals surface area contributed by atoms with E-state index in [1.54, 1.807) is 0 Å². The minimum atomic E-state index is -1.34. The van der Waals surface area contributed by atoms with Crippen LogP contribution >= 0.6 is 0 Å². The molecule has 0 aliphatic carbocycles. The standard InChI is InChI=1S/C17H19N3O9/c21-9-12-11(22)7-14(29-12)19-8-10(16(26)18-17(19)27)3-1-2-6-20(28)13(23)4-5-15(24)25/h4-5,8,11-12,14,21-22,28H,2,6-7,9H2,(H,24,25)(H,18,26,27)/b5-4+. The number of carboxylic acid groups (broad SMARTS) is 1. The Morgan fingerprint density at radius 3 is 2.72 bits per heavy atom. The van der Waals surface area contributed by atoms with Crippen LogP contribution in [0.3, 0.4) is 0 Å². The van der Waals surface area contributed by atoms with Crippen LogP contribution in [0.2, 0.25) is 0 Å². The maximum absolute atomic E-state index is 12.0.